The van der Waals surface area contributed by atoms with Crippen molar-refractivity contribution < 1.29 is 9.53 Å². The fourth-order valence-electron chi connectivity index (χ4n) is 3.31. The van der Waals surface area contributed by atoms with E-state index in [0.29, 0.717) is 12.2 Å². The third-order valence-corrected chi connectivity index (χ3v) is 5.34. The van der Waals surface area contributed by atoms with Crippen LogP contribution in [-0.2, 0) is 0 Å². The van der Waals surface area contributed by atoms with Crippen LogP contribution in [-0.4, -0.2) is 55.9 Å². The predicted octanol–water partition coefficient (Wildman–Crippen LogP) is 6.18. The lowest BCUT2D eigenvalue weighted by molar-refractivity contribution is 0.104. The molecule has 0 saturated carbocycles. The SMILES string of the molecule is CCCC/C(=C\C(=O)c1ccc(OCCCN(CCCC)CCCC)cc1)N(C)C. The third-order valence-electron chi connectivity index (χ3n) is 5.34. The highest BCUT2D eigenvalue weighted by atomic mass is 16.5. The number of ketones is 1. The predicted molar refractivity (Wildman–Crippen MR) is 128 cm³/mol. The summed E-state index contributed by atoms with van der Waals surface area (Å²) in [4.78, 5) is 17.2. The highest BCUT2D eigenvalue weighted by molar-refractivity contribution is 6.04. The van der Waals surface area contributed by atoms with Crippen molar-refractivity contribution in [1.82, 2.24) is 9.80 Å². The summed E-state index contributed by atoms with van der Waals surface area (Å²) in [6, 6.07) is 7.56. The molecule has 0 unspecified atom stereocenters. The molecule has 0 aliphatic heterocycles. The molecule has 30 heavy (non-hydrogen) atoms. The normalized spacial score (nSPS) is 11.7. The maximum atomic E-state index is 12.6. The zero-order valence-electron chi connectivity index (χ0n) is 20.1. The zero-order valence-corrected chi connectivity index (χ0v) is 20.1. The van der Waals surface area contributed by atoms with Crippen LogP contribution < -0.4 is 4.74 Å². The molecule has 0 N–H and O–H groups in total. The second-order valence-electron chi connectivity index (χ2n) is 8.27. The Balaban J connectivity index is 2.50. The van der Waals surface area contributed by atoms with Crippen LogP contribution in [0.5, 0.6) is 5.75 Å². The van der Waals surface area contributed by atoms with Gasteiger partial charge in [-0.3, -0.25) is 4.79 Å². The van der Waals surface area contributed by atoms with Gasteiger partial charge in [-0.1, -0.05) is 40.0 Å². The smallest absolute Gasteiger partial charge is 0.187 e. The minimum atomic E-state index is 0.0591. The molecule has 0 aliphatic rings. The average molecular weight is 417 g/mol. The Bertz CT molecular complexity index is 600. The van der Waals surface area contributed by atoms with Gasteiger partial charge < -0.3 is 14.5 Å². The Hall–Kier alpha value is -1.81. The topological polar surface area (TPSA) is 32.8 Å². The Kier molecular flexibility index (Phi) is 13.9. The van der Waals surface area contributed by atoms with Crippen LogP contribution in [0, 0.1) is 0 Å². The molecule has 0 amide bonds. The van der Waals surface area contributed by atoms with E-state index >= 15 is 0 Å². The largest absolute Gasteiger partial charge is 0.494 e. The quantitative estimate of drug-likeness (QED) is 0.173. The Morgan fingerprint density at radius 2 is 1.43 bits per heavy atom. The molecule has 1 aromatic rings. The van der Waals surface area contributed by atoms with E-state index in [-0.39, 0.29) is 5.78 Å². The van der Waals surface area contributed by atoms with Crippen molar-refractivity contribution in [1.29, 1.82) is 0 Å². The fourth-order valence-corrected chi connectivity index (χ4v) is 3.31. The van der Waals surface area contributed by atoms with Crippen molar-refractivity contribution in [3.05, 3.63) is 41.6 Å². The summed E-state index contributed by atoms with van der Waals surface area (Å²) in [7, 11) is 3.99. The molecule has 4 nitrogen and oxygen atoms in total. The lowest BCUT2D eigenvalue weighted by Gasteiger charge is -2.21. The first kappa shape index (κ1) is 26.2. The number of unbranched alkanes of at least 4 members (excludes halogenated alkanes) is 3. The first-order chi connectivity index (χ1) is 14.5. The van der Waals surface area contributed by atoms with Gasteiger partial charge in [0.25, 0.3) is 0 Å². The van der Waals surface area contributed by atoms with Crippen molar-refractivity contribution in [3.63, 3.8) is 0 Å². The maximum Gasteiger partial charge on any atom is 0.187 e. The monoisotopic (exact) mass is 416 g/mol. The van der Waals surface area contributed by atoms with E-state index in [4.69, 9.17) is 4.74 Å². The number of carbonyl (C=O) groups is 1. The van der Waals surface area contributed by atoms with E-state index in [9.17, 15) is 4.79 Å². The number of rotatable bonds is 17. The molecule has 0 fully saturated rings. The van der Waals surface area contributed by atoms with Gasteiger partial charge in [0.15, 0.2) is 5.78 Å². The minimum absolute atomic E-state index is 0.0591. The Labute approximate surface area is 185 Å². The van der Waals surface area contributed by atoms with Crippen LogP contribution in [0.2, 0.25) is 0 Å². The van der Waals surface area contributed by atoms with Gasteiger partial charge in [0.1, 0.15) is 5.75 Å². The molecule has 0 bridgehead atoms. The van der Waals surface area contributed by atoms with Crippen LogP contribution in [0.4, 0.5) is 0 Å². The van der Waals surface area contributed by atoms with E-state index in [1.807, 2.05) is 43.3 Å². The standard InChI is InChI=1S/C26H44N2O2/c1-6-9-13-24(27(4)5)22-26(29)23-14-16-25(17-15-23)30-21-12-20-28(18-10-7-2)19-11-8-3/h14-17,22H,6-13,18-21H2,1-5H3/b24-22+. The Morgan fingerprint density at radius 1 is 0.867 bits per heavy atom. The summed E-state index contributed by atoms with van der Waals surface area (Å²) in [5, 5.41) is 0. The summed E-state index contributed by atoms with van der Waals surface area (Å²) in [5.74, 6) is 0.895. The lowest BCUT2D eigenvalue weighted by Crippen LogP contribution is -2.28. The van der Waals surface area contributed by atoms with Crippen LogP contribution in [0.25, 0.3) is 0 Å². The summed E-state index contributed by atoms with van der Waals surface area (Å²) in [6.07, 6.45) is 11.0. The molecule has 0 saturated heterocycles. The number of allylic oxidation sites excluding steroid dienone is 2. The van der Waals surface area contributed by atoms with Crippen molar-refractivity contribution in [2.45, 2.75) is 72.1 Å². The third kappa shape index (κ3) is 10.8. The molecule has 0 heterocycles. The van der Waals surface area contributed by atoms with Crippen molar-refractivity contribution in [3.8, 4) is 5.75 Å². The van der Waals surface area contributed by atoms with E-state index in [1.165, 1.54) is 38.8 Å². The number of nitrogens with zero attached hydrogens (tertiary/aromatic N) is 2. The van der Waals surface area contributed by atoms with Gasteiger partial charge >= 0.3 is 0 Å². The number of benzene rings is 1. The highest BCUT2D eigenvalue weighted by Crippen LogP contribution is 2.16. The van der Waals surface area contributed by atoms with Crippen LogP contribution in [0.3, 0.4) is 0 Å². The first-order valence-corrected chi connectivity index (χ1v) is 11.9. The number of hydrogen-bond acceptors (Lipinski definition) is 4. The van der Waals surface area contributed by atoms with Crippen molar-refractivity contribution in [2.75, 3.05) is 40.3 Å². The molecule has 0 atom stereocenters. The first-order valence-electron chi connectivity index (χ1n) is 11.9. The van der Waals surface area contributed by atoms with E-state index < -0.39 is 0 Å². The second-order valence-corrected chi connectivity index (χ2v) is 8.27. The molecule has 0 spiro atoms. The highest BCUT2D eigenvalue weighted by Gasteiger charge is 2.08. The van der Waals surface area contributed by atoms with Crippen molar-refractivity contribution >= 4 is 5.78 Å². The van der Waals surface area contributed by atoms with Gasteiger partial charge in [-0.05, 0) is 69.5 Å². The molecule has 1 rings (SSSR count). The van der Waals surface area contributed by atoms with Gasteiger partial charge in [0.05, 0.1) is 6.61 Å². The molecule has 170 valence electrons. The molecular weight excluding hydrogens is 372 g/mol. The number of carbonyl (C=O) groups excluding carboxylic acids is 1. The maximum absolute atomic E-state index is 12.6. The molecule has 0 aromatic heterocycles. The van der Waals surface area contributed by atoms with Crippen molar-refractivity contribution in [2.24, 2.45) is 0 Å². The number of hydrogen-bond donors (Lipinski definition) is 0. The zero-order chi connectivity index (χ0) is 22.2. The molecule has 0 radical (unpaired) electrons. The van der Waals surface area contributed by atoms with E-state index in [1.54, 1.807) is 6.08 Å². The van der Waals surface area contributed by atoms with E-state index in [0.717, 1.165) is 43.7 Å². The summed E-state index contributed by atoms with van der Waals surface area (Å²) in [6.45, 7) is 10.8. The van der Waals surface area contributed by atoms with Gasteiger partial charge in [0.2, 0.25) is 0 Å². The molecule has 1 aromatic carbocycles. The molecular formula is C26H44N2O2. The van der Waals surface area contributed by atoms with Crippen LogP contribution in [0.1, 0.15) is 82.5 Å². The van der Waals surface area contributed by atoms with Gasteiger partial charge in [-0.2, -0.15) is 0 Å². The number of ether oxygens (including phenoxy) is 1. The summed E-state index contributed by atoms with van der Waals surface area (Å²) >= 11 is 0. The summed E-state index contributed by atoms with van der Waals surface area (Å²) < 4.78 is 5.91. The van der Waals surface area contributed by atoms with Gasteiger partial charge in [-0.15, -0.1) is 0 Å². The van der Waals surface area contributed by atoms with Gasteiger partial charge in [-0.25, -0.2) is 0 Å². The summed E-state index contributed by atoms with van der Waals surface area (Å²) in [5.41, 5.74) is 1.79. The van der Waals surface area contributed by atoms with E-state index in [2.05, 4.69) is 25.7 Å². The van der Waals surface area contributed by atoms with Crippen LogP contribution >= 0.6 is 0 Å². The fraction of sp³-hybridized carbons (Fsp3) is 0.654. The second kappa shape index (κ2) is 16.0. The lowest BCUT2D eigenvalue weighted by atomic mass is 10.1. The Morgan fingerprint density at radius 3 is 1.97 bits per heavy atom. The average Bonchev–Trinajstić information content (AvgIpc) is 2.75. The molecule has 0 aliphatic carbocycles. The minimum Gasteiger partial charge on any atom is -0.494 e. The van der Waals surface area contributed by atoms with Crippen LogP contribution in [0.15, 0.2) is 36.0 Å². The van der Waals surface area contributed by atoms with Gasteiger partial charge in [0, 0.05) is 38.0 Å². The molecule has 4 heteroatoms.